The van der Waals surface area contributed by atoms with E-state index in [1.165, 1.54) is 19.3 Å². The molecule has 0 radical (unpaired) electrons. The number of hydrogen-bond donors (Lipinski definition) is 0. The zero-order valence-electron chi connectivity index (χ0n) is 17.4. The summed E-state index contributed by atoms with van der Waals surface area (Å²) in [5, 5.41) is 0. The molecule has 0 saturated carbocycles. The average Bonchev–Trinajstić information content (AvgIpc) is 2.67. The Kier molecular flexibility index (Phi) is 12.6. The van der Waals surface area contributed by atoms with E-state index < -0.39 is 0 Å². The first-order valence-corrected chi connectivity index (χ1v) is 10.7. The lowest BCUT2D eigenvalue weighted by molar-refractivity contribution is -0.148. The summed E-state index contributed by atoms with van der Waals surface area (Å²) in [6, 6.07) is 5.35. The second-order valence-electron chi connectivity index (χ2n) is 7.13. The highest BCUT2D eigenvalue weighted by atomic mass is 19.1. The maximum atomic E-state index is 14.5. The van der Waals surface area contributed by atoms with E-state index >= 15 is 0 Å². The fourth-order valence-electron chi connectivity index (χ4n) is 3.08. The molecule has 0 aliphatic carbocycles. The van der Waals surface area contributed by atoms with Crippen molar-refractivity contribution in [2.45, 2.75) is 85.0 Å². The molecule has 3 nitrogen and oxygen atoms in total. The van der Waals surface area contributed by atoms with E-state index in [0.29, 0.717) is 30.9 Å². The Hall–Kier alpha value is -1.58. The number of halogens is 1. The highest BCUT2D eigenvalue weighted by molar-refractivity contribution is 5.72. The van der Waals surface area contributed by atoms with Gasteiger partial charge < -0.3 is 9.47 Å². The van der Waals surface area contributed by atoms with Gasteiger partial charge in [-0.05, 0) is 50.2 Å². The Balaban J connectivity index is 2.30. The van der Waals surface area contributed by atoms with Gasteiger partial charge in [-0.2, -0.15) is 0 Å². The smallest absolute Gasteiger partial charge is 0.308 e. The van der Waals surface area contributed by atoms with Crippen LogP contribution in [0.15, 0.2) is 18.2 Å². The molecule has 1 rings (SSSR count). The maximum absolute atomic E-state index is 14.5. The van der Waals surface area contributed by atoms with Gasteiger partial charge in [0.2, 0.25) is 0 Å². The van der Waals surface area contributed by atoms with Crippen LogP contribution in [0.2, 0.25) is 0 Å². The van der Waals surface area contributed by atoms with Crippen molar-refractivity contribution in [3.8, 4) is 5.75 Å². The minimum Gasteiger partial charge on any atom is -0.491 e. The molecule has 27 heavy (non-hydrogen) atoms. The van der Waals surface area contributed by atoms with Crippen LogP contribution >= 0.6 is 0 Å². The Morgan fingerprint density at radius 3 is 2.37 bits per heavy atom. The molecule has 0 N–H and O–H groups in total. The first-order chi connectivity index (χ1) is 13.1. The number of esters is 1. The molecule has 0 atom stereocenters. The van der Waals surface area contributed by atoms with Gasteiger partial charge in [0, 0.05) is 0 Å². The third-order valence-electron chi connectivity index (χ3n) is 4.95. The van der Waals surface area contributed by atoms with Crippen LogP contribution in [-0.4, -0.2) is 19.2 Å². The van der Waals surface area contributed by atoms with Gasteiger partial charge in [-0.3, -0.25) is 4.79 Å². The van der Waals surface area contributed by atoms with E-state index in [9.17, 15) is 9.18 Å². The number of carbonyl (C=O) groups is 1. The van der Waals surface area contributed by atoms with Gasteiger partial charge >= 0.3 is 5.97 Å². The average molecular weight is 381 g/mol. The fourth-order valence-corrected chi connectivity index (χ4v) is 3.08. The highest BCUT2D eigenvalue weighted by Crippen LogP contribution is 2.22. The molecule has 0 saturated heterocycles. The number of aryl methyl sites for hydroxylation is 1. The van der Waals surface area contributed by atoms with E-state index in [1.54, 1.807) is 12.1 Å². The fraction of sp³-hybridized carbons (Fsp3) is 0.696. The van der Waals surface area contributed by atoms with Crippen LogP contribution in [0.4, 0.5) is 4.39 Å². The Bertz CT molecular complexity index is 526. The highest BCUT2D eigenvalue weighted by Gasteiger charge is 2.15. The molecule has 154 valence electrons. The summed E-state index contributed by atoms with van der Waals surface area (Å²) in [5.74, 6) is -0.0120. The SMILES string of the molecule is CCCCCCCOc1cccc(CCCCOC(=O)C(CC)CC)c1F. The van der Waals surface area contributed by atoms with E-state index in [2.05, 4.69) is 6.92 Å². The molecule has 0 unspecified atom stereocenters. The molecule has 0 fully saturated rings. The van der Waals surface area contributed by atoms with Crippen LogP contribution in [0, 0.1) is 11.7 Å². The Morgan fingerprint density at radius 1 is 0.963 bits per heavy atom. The van der Waals surface area contributed by atoms with Crippen LogP contribution in [0.1, 0.15) is 84.1 Å². The first kappa shape index (κ1) is 23.5. The standard InChI is InChI=1S/C23H37FO3/c1-4-7-8-9-11-17-26-21-16-13-15-20(22(21)24)14-10-12-18-27-23(25)19(5-2)6-3/h13,15-16,19H,4-12,14,17-18H2,1-3H3. The molecule has 0 heterocycles. The van der Waals surface area contributed by atoms with Crippen LogP contribution in [0.3, 0.4) is 0 Å². The third-order valence-corrected chi connectivity index (χ3v) is 4.95. The zero-order valence-corrected chi connectivity index (χ0v) is 17.4. The maximum Gasteiger partial charge on any atom is 0.308 e. The minimum atomic E-state index is -0.250. The van der Waals surface area contributed by atoms with E-state index in [-0.39, 0.29) is 17.7 Å². The lowest BCUT2D eigenvalue weighted by atomic mass is 10.0. The quantitative estimate of drug-likeness (QED) is 0.258. The van der Waals surface area contributed by atoms with Gasteiger partial charge in [0.15, 0.2) is 11.6 Å². The van der Waals surface area contributed by atoms with Crippen LogP contribution in [0.5, 0.6) is 5.75 Å². The van der Waals surface area contributed by atoms with Crippen molar-refractivity contribution < 1.29 is 18.7 Å². The van der Waals surface area contributed by atoms with Crippen molar-refractivity contribution >= 4 is 5.97 Å². The summed E-state index contributed by atoms with van der Waals surface area (Å²) in [5.41, 5.74) is 0.671. The topological polar surface area (TPSA) is 35.5 Å². The largest absolute Gasteiger partial charge is 0.491 e. The van der Waals surface area contributed by atoms with Crippen molar-refractivity contribution in [2.24, 2.45) is 5.92 Å². The van der Waals surface area contributed by atoms with E-state index in [4.69, 9.17) is 9.47 Å². The monoisotopic (exact) mass is 380 g/mol. The number of ether oxygens (including phenoxy) is 2. The summed E-state index contributed by atoms with van der Waals surface area (Å²) < 4.78 is 25.5. The van der Waals surface area contributed by atoms with Gasteiger partial charge in [0.25, 0.3) is 0 Å². The predicted octanol–water partition coefficient (Wildman–Crippen LogP) is 6.48. The van der Waals surface area contributed by atoms with Crippen LogP contribution in [-0.2, 0) is 16.0 Å². The normalized spacial score (nSPS) is 11.0. The van der Waals surface area contributed by atoms with Gasteiger partial charge in [-0.15, -0.1) is 0 Å². The molecule has 0 aliphatic rings. The summed E-state index contributed by atoms with van der Waals surface area (Å²) in [6.07, 6.45) is 9.55. The van der Waals surface area contributed by atoms with Crippen molar-refractivity contribution in [1.29, 1.82) is 0 Å². The molecular formula is C23H37FO3. The van der Waals surface area contributed by atoms with Crippen LogP contribution < -0.4 is 4.74 Å². The summed E-state index contributed by atoms with van der Waals surface area (Å²) >= 11 is 0. The lowest BCUT2D eigenvalue weighted by Gasteiger charge is -2.12. The Morgan fingerprint density at radius 2 is 1.67 bits per heavy atom. The minimum absolute atomic E-state index is 0.00162. The lowest BCUT2D eigenvalue weighted by Crippen LogP contribution is -2.17. The number of unbranched alkanes of at least 4 members (excludes halogenated alkanes) is 5. The number of rotatable bonds is 15. The molecule has 0 spiro atoms. The molecular weight excluding hydrogens is 343 g/mol. The van der Waals surface area contributed by atoms with Crippen molar-refractivity contribution in [2.75, 3.05) is 13.2 Å². The number of carbonyl (C=O) groups excluding carboxylic acids is 1. The molecule has 0 bridgehead atoms. The van der Waals surface area contributed by atoms with Crippen LogP contribution in [0.25, 0.3) is 0 Å². The van der Waals surface area contributed by atoms with Gasteiger partial charge in [0.1, 0.15) is 0 Å². The second-order valence-corrected chi connectivity index (χ2v) is 7.13. The molecule has 1 aromatic rings. The van der Waals surface area contributed by atoms with Gasteiger partial charge in [-0.25, -0.2) is 4.39 Å². The molecule has 1 aromatic carbocycles. The summed E-state index contributed by atoms with van der Waals surface area (Å²) in [6.45, 7) is 7.16. The third kappa shape index (κ3) is 9.25. The molecule has 0 aromatic heterocycles. The number of benzene rings is 1. The molecule has 0 aliphatic heterocycles. The van der Waals surface area contributed by atoms with Crippen molar-refractivity contribution in [3.63, 3.8) is 0 Å². The molecule has 4 heteroatoms. The molecule has 0 amide bonds. The van der Waals surface area contributed by atoms with Gasteiger partial charge in [0.05, 0.1) is 19.1 Å². The zero-order chi connectivity index (χ0) is 19.9. The summed E-state index contributed by atoms with van der Waals surface area (Å²) in [4.78, 5) is 11.8. The summed E-state index contributed by atoms with van der Waals surface area (Å²) in [7, 11) is 0. The number of hydrogen-bond acceptors (Lipinski definition) is 3. The predicted molar refractivity (Wildman–Crippen MR) is 109 cm³/mol. The van der Waals surface area contributed by atoms with Crippen molar-refractivity contribution in [1.82, 2.24) is 0 Å². The van der Waals surface area contributed by atoms with Gasteiger partial charge in [-0.1, -0.05) is 58.6 Å². The first-order valence-electron chi connectivity index (χ1n) is 10.7. The van der Waals surface area contributed by atoms with E-state index in [0.717, 1.165) is 38.5 Å². The second kappa shape index (κ2) is 14.5. The van der Waals surface area contributed by atoms with Crippen molar-refractivity contribution in [3.05, 3.63) is 29.6 Å². The van der Waals surface area contributed by atoms with E-state index in [1.807, 2.05) is 19.9 Å². The Labute approximate surface area is 164 Å².